The standard InChI is InChI=1S/C24H21ClN4O3S/c1-13-9-10-16(25)11-18(13)28-21(30)15(3)29-12-26-23-19(24(29)32)14(2)20(33-23)22(31)27-17-7-5-4-6-8-17/h4-12,15H,1-3H3,(H,27,31)(H,28,30). The lowest BCUT2D eigenvalue weighted by molar-refractivity contribution is -0.118. The third kappa shape index (κ3) is 4.53. The number of thiophene rings is 1. The third-order valence-electron chi connectivity index (χ3n) is 5.37. The molecule has 0 aliphatic rings. The molecule has 0 spiro atoms. The summed E-state index contributed by atoms with van der Waals surface area (Å²) < 4.78 is 1.27. The summed E-state index contributed by atoms with van der Waals surface area (Å²) in [5, 5.41) is 6.48. The lowest BCUT2D eigenvalue weighted by Crippen LogP contribution is -2.32. The number of rotatable bonds is 5. The Morgan fingerprint density at radius 3 is 2.55 bits per heavy atom. The van der Waals surface area contributed by atoms with E-state index >= 15 is 0 Å². The number of nitrogens with one attached hydrogen (secondary N) is 2. The van der Waals surface area contributed by atoms with Crippen molar-refractivity contribution in [3.8, 4) is 0 Å². The van der Waals surface area contributed by atoms with Gasteiger partial charge < -0.3 is 10.6 Å². The van der Waals surface area contributed by atoms with Crippen LogP contribution < -0.4 is 16.2 Å². The number of aromatic nitrogens is 2. The quantitative estimate of drug-likeness (QED) is 0.411. The molecule has 4 rings (SSSR count). The van der Waals surface area contributed by atoms with Crippen molar-refractivity contribution < 1.29 is 9.59 Å². The van der Waals surface area contributed by atoms with Gasteiger partial charge in [-0.3, -0.25) is 19.0 Å². The van der Waals surface area contributed by atoms with Gasteiger partial charge in [0.25, 0.3) is 11.5 Å². The predicted molar refractivity (Wildman–Crippen MR) is 133 cm³/mol. The van der Waals surface area contributed by atoms with Crippen LogP contribution >= 0.6 is 22.9 Å². The summed E-state index contributed by atoms with van der Waals surface area (Å²) in [6, 6.07) is 13.5. The van der Waals surface area contributed by atoms with Crippen molar-refractivity contribution in [2.45, 2.75) is 26.8 Å². The molecule has 0 fully saturated rings. The van der Waals surface area contributed by atoms with Crippen molar-refractivity contribution >= 4 is 56.3 Å². The van der Waals surface area contributed by atoms with Crippen molar-refractivity contribution in [3.05, 3.63) is 86.2 Å². The highest BCUT2D eigenvalue weighted by Gasteiger charge is 2.23. The Balaban J connectivity index is 1.64. The fourth-order valence-corrected chi connectivity index (χ4v) is 4.64. The number of halogens is 1. The van der Waals surface area contributed by atoms with Crippen molar-refractivity contribution in [1.82, 2.24) is 9.55 Å². The highest BCUT2D eigenvalue weighted by Crippen LogP contribution is 2.28. The first kappa shape index (κ1) is 22.7. The van der Waals surface area contributed by atoms with Gasteiger partial charge in [-0.1, -0.05) is 35.9 Å². The zero-order chi connectivity index (χ0) is 23.7. The second kappa shape index (κ2) is 9.17. The van der Waals surface area contributed by atoms with E-state index in [1.807, 2.05) is 25.1 Å². The molecule has 4 aromatic rings. The minimum absolute atomic E-state index is 0.310. The van der Waals surface area contributed by atoms with E-state index in [2.05, 4.69) is 15.6 Å². The molecule has 2 N–H and O–H groups in total. The van der Waals surface area contributed by atoms with E-state index in [9.17, 15) is 14.4 Å². The van der Waals surface area contributed by atoms with Gasteiger partial charge in [0.2, 0.25) is 5.91 Å². The van der Waals surface area contributed by atoms with Gasteiger partial charge in [-0.25, -0.2) is 4.98 Å². The minimum atomic E-state index is -0.825. The van der Waals surface area contributed by atoms with Crippen molar-refractivity contribution in [2.75, 3.05) is 10.6 Å². The largest absolute Gasteiger partial charge is 0.324 e. The van der Waals surface area contributed by atoms with Gasteiger partial charge in [0.15, 0.2) is 0 Å². The Morgan fingerprint density at radius 1 is 1.09 bits per heavy atom. The maximum atomic E-state index is 13.3. The summed E-state index contributed by atoms with van der Waals surface area (Å²) >= 11 is 7.18. The van der Waals surface area contributed by atoms with Gasteiger partial charge in [0.05, 0.1) is 16.6 Å². The Hall–Kier alpha value is -3.49. The third-order valence-corrected chi connectivity index (χ3v) is 6.80. The van der Waals surface area contributed by atoms with Gasteiger partial charge in [-0.15, -0.1) is 11.3 Å². The summed E-state index contributed by atoms with van der Waals surface area (Å²) in [5.41, 5.74) is 2.24. The van der Waals surface area contributed by atoms with E-state index in [0.717, 1.165) is 16.9 Å². The van der Waals surface area contributed by atoms with Crippen LogP contribution in [0.3, 0.4) is 0 Å². The predicted octanol–water partition coefficient (Wildman–Crippen LogP) is 5.18. The van der Waals surface area contributed by atoms with Crippen LogP contribution in [0, 0.1) is 13.8 Å². The number of anilines is 2. The number of fused-ring (bicyclic) bond motifs is 1. The molecule has 2 amide bonds. The topological polar surface area (TPSA) is 93.1 Å². The molecule has 1 unspecified atom stereocenters. The number of hydrogen-bond acceptors (Lipinski definition) is 5. The second-order valence-corrected chi connectivity index (χ2v) is 9.07. The van der Waals surface area contributed by atoms with Gasteiger partial charge in [-0.2, -0.15) is 0 Å². The van der Waals surface area contributed by atoms with Crippen molar-refractivity contribution in [3.63, 3.8) is 0 Å². The zero-order valence-electron chi connectivity index (χ0n) is 18.2. The molecule has 1 atom stereocenters. The average molecular weight is 481 g/mol. The molecule has 0 bridgehead atoms. The van der Waals surface area contributed by atoms with Gasteiger partial charge >= 0.3 is 0 Å². The Morgan fingerprint density at radius 2 is 1.82 bits per heavy atom. The highest BCUT2D eigenvalue weighted by atomic mass is 35.5. The van der Waals surface area contributed by atoms with Gasteiger partial charge in [0, 0.05) is 16.4 Å². The van der Waals surface area contributed by atoms with Crippen LogP contribution in [0.25, 0.3) is 10.2 Å². The molecule has 2 heterocycles. The second-order valence-electron chi connectivity index (χ2n) is 7.64. The Kier molecular flexibility index (Phi) is 6.31. The number of benzene rings is 2. The van der Waals surface area contributed by atoms with Crippen molar-refractivity contribution in [1.29, 1.82) is 0 Å². The molecular formula is C24H21ClN4O3S. The Bertz CT molecular complexity index is 1430. The first-order valence-electron chi connectivity index (χ1n) is 10.2. The summed E-state index contributed by atoms with van der Waals surface area (Å²) in [6.45, 7) is 5.19. The molecule has 0 saturated heterocycles. The van der Waals surface area contributed by atoms with E-state index < -0.39 is 6.04 Å². The monoisotopic (exact) mass is 480 g/mol. The van der Waals surface area contributed by atoms with E-state index in [0.29, 0.717) is 37.1 Å². The van der Waals surface area contributed by atoms with Crippen LogP contribution in [0.4, 0.5) is 11.4 Å². The minimum Gasteiger partial charge on any atom is -0.324 e. The zero-order valence-corrected chi connectivity index (χ0v) is 19.8. The van der Waals surface area contributed by atoms with Crippen LogP contribution in [0.1, 0.15) is 33.8 Å². The maximum absolute atomic E-state index is 13.3. The van der Waals surface area contributed by atoms with E-state index in [4.69, 9.17) is 11.6 Å². The molecule has 0 aliphatic heterocycles. The highest BCUT2D eigenvalue weighted by molar-refractivity contribution is 7.20. The van der Waals surface area contributed by atoms with Crippen LogP contribution in [-0.2, 0) is 4.79 Å². The molecule has 2 aromatic heterocycles. The number of carbonyl (C=O) groups excluding carboxylic acids is 2. The summed E-state index contributed by atoms with van der Waals surface area (Å²) in [5.74, 6) is -0.687. The fraction of sp³-hybridized carbons (Fsp3) is 0.167. The van der Waals surface area contributed by atoms with Crippen molar-refractivity contribution in [2.24, 2.45) is 0 Å². The number of carbonyl (C=O) groups is 2. The number of nitrogens with zero attached hydrogens (tertiary/aromatic N) is 2. The number of amides is 2. The summed E-state index contributed by atoms with van der Waals surface area (Å²) in [4.78, 5) is 44.1. The van der Waals surface area contributed by atoms with E-state index in [1.165, 1.54) is 10.9 Å². The molecule has 33 heavy (non-hydrogen) atoms. The molecular weight excluding hydrogens is 460 g/mol. The molecule has 168 valence electrons. The Labute approximate surface area is 199 Å². The fourth-order valence-electron chi connectivity index (χ4n) is 3.43. The van der Waals surface area contributed by atoms with E-state index in [-0.39, 0.29) is 17.4 Å². The first-order chi connectivity index (χ1) is 15.8. The summed E-state index contributed by atoms with van der Waals surface area (Å²) in [6.07, 6.45) is 1.34. The molecule has 0 aliphatic carbocycles. The molecule has 2 aromatic carbocycles. The molecule has 0 radical (unpaired) electrons. The number of aryl methyl sites for hydroxylation is 2. The number of para-hydroxylation sites is 1. The van der Waals surface area contributed by atoms with Crippen LogP contribution in [0.2, 0.25) is 5.02 Å². The molecule has 9 heteroatoms. The van der Waals surface area contributed by atoms with Crippen LogP contribution in [0.5, 0.6) is 0 Å². The molecule has 7 nitrogen and oxygen atoms in total. The first-order valence-corrected chi connectivity index (χ1v) is 11.4. The summed E-state index contributed by atoms with van der Waals surface area (Å²) in [7, 11) is 0. The maximum Gasteiger partial charge on any atom is 0.266 e. The lowest BCUT2D eigenvalue weighted by atomic mass is 10.2. The average Bonchev–Trinajstić information content (AvgIpc) is 3.14. The lowest BCUT2D eigenvalue weighted by Gasteiger charge is -2.16. The normalized spacial score (nSPS) is 11.9. The van der Waals surface area contributed by atoms with Crippen LogP contribution in [-0.4, -0.2) is 21.4 Å². The van der Waals surface area contributed by atoms with Crippen LogP contribution in [0.15, 0.2) is 59.7 Å². The molecule has 0 saturated carbocycles. The van der Waals surface area contributed by atoms with Gasteiger partial charge in [-0.05, 0) is 56.2 Å². The SMILES string of the molecule is Cc1ccc(Cl)cc1NC(=O)C(C)n1cnc2sc(C(=O)Nc3ccccc3)c(C)c2c1=O. The van der Waals surface area contributed by atoms with E-state index in [1.54, 1.807) is 44.2 Å². The number of hydrogen-bond donors (Lipinski definition) is 2. The van der Waals surface area contributed by atoms with Gasteiger partial charge in [0.1, 0.15) is 10.9 Å². The smallest absolute Gasteiger partial charge is 0.266 e.